The van der Waals surface area contributed by atoms with Gasteiger partial charge in [0.25, 0.3) is 11.8 Å². The summed E-state index contributed by atoms with van der Waals surface area (Å²) in [4.78, 5) is 41.1. The van der Waals surface area contributed by atoms with Crippen molar-refractivity contribution in [2.24, 2.45) is 11.7 Å². The summed E-state index contributed by atoms with van der Waals surface area (Å²) in [6, 6.07) is 10.7. The van der Waals surface area contributed by atoms with Gasteiger partial charge in [-0.3, -0.25) is 19.3 Å². The minimum atomic E-state index is -1.20. The van der Waals surface area contributed by atoms with Crippen molar-refractivity contribution in [3.05, 3.63) is 58.6 Å². The Morgan fingerprint density at radius 1 is 1.03 bits per heavy atom. The number of carbonyl (C=O) groups excluding carboxylic acids is 3. The molecule has 1 atom stereocenters. The summed E-state index contributed by atoms with van der Waals surface area (Å²) in [5.41, 5.74) is 11.9. The number of carbonyl (C=O) groups is 3. The van der Waals surface area contributed by atoms with Crippen molar-refractivity contribution in [1.82, 2.24) is 9.69 Å². The number of nitrogens with one attached hydrogen (secondary N) is 1. The van der Waals surface area contributed by atoms with Crippen LogP contribution in [-0.2, 0) is 4.79 Å². The Morgan fingerprint density at radius 3 is 2.13 bits per heavy atom. The molecule has 0 aliphatic heterocycles. The Hall–Kier alpha value is -4.32. The van der Waals surface area contributed by atoms with Gasteiger partial charge in [0, 0.05) is 12.2 Å². The van der Waals surface area contributed by atoms with Crippen LogP contribution in [0.2, 0.25) is 0 Å². The van der Waals surface area contributed by atoms with Crippen LogP contribution in [0.5, 0.6) is 17.2 Å². The van der Waals surface area contributed by atoms with Gasteiger partial charge in [-0.05, 0) is 53.7 Å². The Balaban J connectivity index is 2.26. The number of amides is 3. The largest absolute Gasteiger partial charge is 0.493 e. The van der Waals surface area contributed by atoms with E-state index in [4.69, 9.17) is 25.7 Å². The third-order valence-electron chi connectivity index (χ3n) is 5.94. The molecule has 0 aliphatic carbocycles. The lowest BCUT2D eigenvalue weighted by atomic mass is 10.0. The quantitative estimate of drug-likeness (QED) is 0.307. The van der Waals surface area contributed by atoms with E-state index in [1.165, 1.54) is 26.2 Å². The summed E-state index contributed by atoms with van der Waals surface area (Å²) < 4.78 is 20.5. The summed E-state index contributed by atoms with van der Waals surface area (Å²) >= 11 is 0.735. The van der Waals surface area contributed by atoms with Crippen molar-refractivity contribution in [2.75, 3.05) is 38.5 Å². The fraction of sp³-hybridized carbons (Fsp3) is 0.333. The standard InChI is InChI=1S/C27H33N5O6S/c1-15(2)11-12-30-26(34)22(16-13-18(36-3)23(38-5)19(14-16)37-4)32(17-9-7-6-8-10-17)27(35)24-20(28)21(25(29)33)31-39-24/h6-10,13-15,22H,11-12,28H2,1-5H3,(H2,29,33)(H,30,34)/t22-/m0/s1. The number of hydrogen-bond acceptors (Lipinski definition) is 9. The summed E-state index contributed by atoms with van der Waals surface area (Å²) in [7, 11) is 4.39. The molecule has 0 bridgehead atoms. The molecule has 5 N–H and O–H groups in total. The second kappa shape index (κ2) is 13.0. The van der Waals surface area contributed by atoms with Crippen LogP contribution in [0, 0.1) is 5.92 Å². The van der Waals surface area contributed by atoms with E-state index in [-0.39, 0.29) is 16.3 Å². The van der Waals surface area contributed by atoms with E-state index in [0.29, 0.717) is 41.0 Å². The first-order valence-electron chi connectivity index (χ1n) is 12.2. The second-order valence-electron chi connectivity index (χ2n) is 8.98. The minimum Gasteiger partial charge on any atom is -0.493 e. The molecule has 0 fully saturated rings. The lowest BCUT2D eigenvalue weighted by Gasteiger charge is -2.32. The third-order valence-corrected chi connectivity index (χ3v) is 6.79. The fourth-order valence-electron chi connectivity index (χ4n) is 3.97. The summed E-state index contributed by atoms with van der Waals surface area (Å²) in [5, 5.41) is 2.95. The lowest BCUT2D eigenvalue weighted by Crippen LogP contribution is -2.44. The van der Waals surface area contributed by atoms with Crippen molar-refractivity contribution in [3.8, 4) is 17.2 Å². The molecule has 0 aliphatic rings. The molecule has 39 heavy (non-hydrogen) atoms. The van der Waals surface area contributed by atoms with Crippen molar-refractivity contribution in [3.63, 3.8) is 0 Å². The van der Waals surface area contributed by atoms with Crippen LogP contribution in [-0.4, -0.2) is 50.0 Å². The van der Waals surface area contributed by atoms with Gasteiger partial charge in [0.05, 0.1) is 27.0 Å². The second-order valence-corrected chi connectivity index (χ2v) is 9.76. The number of benzene rings is 2. The molecule has 2 aromatic carbocycles. The summed E-state index contributed by atoms with van der Waals surface area (Å²) in [6.45, 7) is 4.49. The first kappa shape index (κ1) is 29.2. The van der Waals surface area contributed by atoms with E-state index in [0.717, 1.165) is 18.0 Å². The number of para-hydroxylation sites is 1. The molecule has 0 radical (unpaired) electrons. The number of aromatic nitrogens is 1. The third kappa shape index (κ3) is 6.40. The van der Waals surface area contributed by atoms with E-state index < -0.39 is 23.8 Å². The van der Waals surface area contributed by atoms with Crippen molar-refractivity contribution < 1.29 is 28.6 Å². The SMILES string of the molecule is COc1cc([C@@H](C(=O)NCCC(C)C)N(C(=O)c2snc(C(N)=O)c2N)c2ccccc2)cc(OC)c1OC. The topological polar surface area (TPSA) is 159 Å². The number of rotatable bonds is 12. The van der Waals surface area contributed by atoms with E-state index in [1.807, 2.05) is 13.8 Å². The van der Waals surface area contributed by atoms with E-state index in [1.54, 1.807) is 42.5 Å². The number of nitrogen functional groups attached to an aromatic ring is 1. The Morgan fingerprint density at radius 2 is 1.64 bits per heavy atom. The smallest absolute Gasteiger partial charge is 0.273 e. The molecule has 0 spiro atoms. The molecular weight excluding hydrogens is 522 g/mol. The molecule has 0 saturated carbocycles. The molecule has 3 amide bonds. The molecule has 0 unspecified atom stereocenters. The monoisotopic (exact) mass is 555 g/mol. The Kier molecular flexibility index (Phi) is 9.72. The molecule has 3 rings (SSSR count). The number of nitrogens with zero attached hydrogens (tertiary/aromatic N) is 2. The highest BCUT2D eigenvalue weighted by Gasteiger charge is 2.37. The number of ether oxygens (including phenoxy) is 3. The molecule has 1 heterocycles. The van der Waals surface area contributed by atoms with Crippen LogP contribution in [0.1, 0.15) is 52.0 Å². The normalized spacial score (nSPS) is 11.5. The van der Waals surface area contributed by atoms with Gasteiger partial charge >= 0.3 is 0 Å². The Bertz CT molecular complexity index is 1300. The lowest BCUT2D eigenvalue weighted by molar-refractivity contribution is -0.122. The average molecular weight is 556 g/mol. The molecule has 11 nitrogen and oxygen atoms in total. The van der Waals surface area contributed by atoms with E-state index in [2.05, 4.69) is 9.69 Å². The molecule has 208 valence electrons. The van der Waals surface area contributed by atoms with Gasteiger partial charge in [0.15, 0.2) is 17.2 Å². The highest BCUT2D eigenvalue weighted by atomic mass is 32.1. The van der Waals surface area contributed by atoms with Crippen LogP contribution in [0.4, 0.5) is 11.4 Å². The van der Waals surface area contributed by atoms with Gasteiger partial charge < -0.3 is 31.0 Å². The van der Waals surface area contributed by atoms with Crippen LogP contribution in [0.15, 0.2) is 42.5 Å². The van der Waals surface area contributed by atoms with Gasteiger partial charge in [-0.1, -0.05) is 32.0 Å². The highest BCUT2D eigenvalue weighted by molar-refractivity contribution is 7.09. The highest BCUT2D eigenvalue weighted by Crippen LogP contribution is 2.42. The number of nitrogens with two attached hydrogens (primary N) is 2. The predicted octanol–water partition coefficient (Wildman–Crippen LogP) is 3.40. The van der Waals surface area contributed by atoms with E-state index >= 15 is 0 Å². The fourth-order valence-corrected chi connectivity index (χ4v) is 4.71. The number of anilines is 2. The number of hydrogen-bond donors (Lipinski definition) is 3. The molecule has 0 saturated heterocycles. The van der Waals surface area contributed by atoms with Crippen LogP contribution < -0.4 is 35.9 Å². The van der Waals surface area contributed by atoms with Crippen molar-refractivity contribution in [2.45, 2.75) is 26.3 Å². The zero-order chi connectivity index (χ0) is 28.7. The van der Waals surface area contributed by atoms with Crippen LogP contribution >= 0.6 is 11.5 Å². The van der Waals surface area contributed by atoms with Gasteiger partial charge in [0.2, 0.25) is 11.7 Å². The minimum absolute atomic E-state index is 0.0277. The van der Waals surface area contributed by atoms with Gasteiger partial charge in [0.1, 0.15) is 10.9 Å². The van der Waals surface area contributed by atoms with Crippen molar-refractivity contribution >= 4 is 40.6 Å². The molecule has 1 aromatic heterocycles. The van der Waals surface area contributed by atoms with Gasteiger partial charge in [-0.15, -0.1) is 0 Å². The molecule has 3 aromatic rings. The molecule has 12 heteroatoms. The first-order valence-corrected chi connectivity index (χ1v) is 12.9. The Labute approximate surface area is 231 Å². The van der Waals surface area contributed by atoms with Crippen molar-refractivity contribution in [1.29, 1.82) is 0 Å². The first-order chi connectivity index (χ1) is 18.6. The molecular formula is C27H33N5O6S. The zero-order valence-corrected chi connectivity index (χ0v) is 23.3. The summed E-state index contributed by atoms with van der Waals surface area (Å²) in [6.07, 6.45) is 0.733. The maximum Gasteiger partial charge on any atom is 0.273 e. The number of primary amides is 1. The van der Waals surface area contributed by atoms with Crippen LogP contribution in [0.25, 0.3) is 0 Å². The van der Waals surface area contributed by atoms with E-state index in [9.17, 15) is 14.4 Å². The predicted molar refractivity (Wildman–Crippen MR) is 150 cm³/mol. The summed E-state index contributed by atoms with van der Waals surface area (Å²) in [5.74, 6) is -0.649. The maximum atomic E-state index is 14.1. The average Bonchev–Trinajstić information content (AvgIpc) is 3.32. The zero-order valence-electron chi connectivity index (χ0n) is 22.5. The number of methoxy groups -OCH3 is 3. The van der Waals surface area contributed by atoms with Gasteiger partial charge in [-0.2, -0.15) is 4.37 Å². The van der Waals surface area contributed by atoms with Gasteiger partial charge in [-0.25, -0.2) is 0 Å². The van der Waals surface area contributed by atoms with Crippen LogP contribution in [0.3, 0.4) is 0 Å². The maximum absolute atomic E-state index is 14.1.